The number of rotatable bonds is 9. The number of aliphatic hydroxyl groups is 1. The van der Waals surface area contributed by atoms with Crippen molar-refractivity contribution in [1.82, 2.24) is 0 Å². The Labute approximate surface area is 148 Å². The summed E-state index contributed by atoms with van der Waals surface area (Å²) in [6, 6.07) is 0. The fourth-order valence-electron chi connectivity index (χ4n) is 1.83. The lowest BCUT2D eigenvalue weighted by Crippen LogP contribution is -2.46. The van der Waals surface area contributed by atoms with Crippen LogP contribution in [0.1, 0.15) is 34.1 Å². The van der Waals surface area contributed by atoms with E-state index in [0.29, 0.717) is 6.42 Å². The molecule has 4 nitrogen and oxygen atoms in total. The smallest absolute Gasteiger partial charge is 0.330 e. The number of carbonyl (C=O) groups is 1. The van der Waals surface area contributed by atoms with Gasteiger partial charge in [0.05, 0.1) is 19.3 Å². The van der Waals surface area contributed by atoms with E-state index in [1.54, 1.807) is 6.08 Å². The van der Waals surface area contributed by atoms with Crippen LogP contribution in [0.15, 0.2) is 37.0 Å². The van der Waals surface area contributed by atoms with Gasteiger partial charge in [-0.15, -0.1) is 6.58 Å². The highest BCUT2D eigenvalue weighted by Crippen LogP contribution is 2.38. The molecule has 5 heteroatoms. The van der Waals surface area contributed by atoms with Gasteiger partial charge < -0.3 is 14.3 Å². The number of esters is 1. The molecule has 3 atom stereocenters. The van der Waals surface area contributed by atoms with Gasteiger partial charge in [-0.3, -0.25) is 0 Å². The summed E-state index contributed by atoms with van der Waals surface area (Å²) in [6.45, 7) is 16.7. The molecule has 24 heavy (non-hydrogen) atoms. The maximum Gasteiger partial charge on any atom is 0.330 e. The van der Waals surface area contributed by atoms with Crippen LogP contribution in [0.25, 0.3) is 0 Å². The highest BCUT2D eigenvalue weighted by atomic mass is 28.4. The first-order valence-electron chi connectivity index (χ1n) is 8.36. The summed E-state index contributed by atoms with van der Waals surface area (Å²) in [5.41, 5.74) is 0. The third kappa shape index (κ3) is 8.08. The third-order valence-corrected chi connectivity index (χ3v) is 9.05. The second-order valence-corrected chi connectivity index (χ2v) is 12.3. The van der Waals surface area contributed by atoms with Crippen molar-refractivity contribution in [3.8, 4) is 0 Å². The van der Waals surface area contributed by atoms with Gasteiger partial charge in [-0.25, -0.2) is 4.79 Å². The predicted molar refractivity (Wildman–Crippen MR) is 102 cm³/mol. The van der Waals surface area contributed by atoms with Gasteiger partial charge in [0.2, 0.25) is 0 Å². The van der Waals surface area contributed by atoms with Gasteiger partial charge >= 0.3 is 5.97 Å². The first-order chi connectivity index (χ1) is 10.9. The number of hydrogen-bond donors (Lipinski definition) is 1. The Bertz CT molecular complexity index is 460. The van der Waals surface area contributed by atoms with Crippen molar-refractivity contribution in [3.05, 3.63) is 37.0 Å². The van der Waals surface area contributed by atoms with Crippen LogP contribution in [0.3, 0.4) is 0 Å². The maximum atomic E-state index is 11.1. The minimum atomic E-state index is -1.95. The topological polar surface area (TPSA) is 55.8 Å². The van der Waals surface area contributed by atoms with Crippen molar-refractivity contribution in [2.24, 2.45) is 5.92 Å². The van der Waals surface area contributed by atoms with Crippen LogP contribution in [-0.4, -0.2) is 38.7 Å². The van der Waals surface area contributed by atoms with Crippen LogP contribution in [0.4, 0.5) is 0 Å². The number of methoxy groups -OCH3 is 1. The summed E-state index contributed by atoms with van der Waals surface area (Å²) in [5.74, 6) is -0.292. The summed E-state index contributed by atoms with van der Waals surface area (Å²) in [5, 5.41) is 10.1. The van der Waals surface area contributed by atoms with Crippen molar-refractivity contribution in [2.45, 2.75) is 64.5 Å². The number of hydrogen-bond acceptors (Lipinski definition) is 4. The number of aliphatic hydroxyl groups excluding tert-OH is 1. The van der Waals surface area contributed by atoms with Crippen LogP contribution in [0.5, 0.6) is 0 Å². The molecule has 0 aliphatic carbocycles. The van der Waals surface area contributed by atoms with E-state index in [0.717, 1.165) is 0 Å². The molecule has 0 spiro atoms. The average Bonchev–Trinajstić information content (AvgIpc) is 2.48. The zero-order valence-electron chi connectivity index (χ0n) is 16.2. The summed E-state index contributed by atoms with van der Waals surface area (Å²) in [4.78, 5) is 11.1. The Hall–Kier alpha value is -1.17. The Kier molecular flexibility index (Phi) is 9.48. The van der Waals surface area contributed by atoms with Crippen molar-refractivity contribution < 1.29 is 19.1 Å². The minimum absolute atomic E-state index is 0.0935. The second-order valence-electron chi connectivity index (χ2n) is 7.58. The molecule has 0 bridgehead atoms. The van der Waals surface area contributed by atoms with Crippen molar-refractivity contribution in [1.29, 1.82) is 0 Å². The normalized spacial score (nSPS) is 17.0. The number of ether oxygens (including phenoxy) is 1. The molecular weight excluding hydrogens is 320 g/mol. The summed E-state index contributed by atoms with van der Waals surface area (Å²) < 4.78 is 11.1. The van der Waals surface area contributed by atoms with Gasteiger partial charge in [0, 0.05) is 12.5 Å². The van der Waals surface area contributed by atoms with Gasteiger partial charge in [-0.2, -0.15) is 0 Å². The Morgan fingerprint density at radius 1 is 1.29 bits per heavy atom. The molecule has 138 valence electrons. The maximum absolute atomic E-state index is 11.1. The van der Waals surface area contributed by atoms with Crippen LogP contribution in [-0.2, 0) is 14.0 Å². The molecule has 0 aromatic carbocycles. The van der Waals surface area contributed by atoms with E-state index in [1.165, 1.54) is 19.3 Å². The van der Waals surface area contributed by atoms with E-state index in [-0.39, 0.29) is 23.0 Å². The minimum Gasteiger partial charge on any atom is -0.466 e. The third-order valence-electron chi connectivity index (χ3n) is 4.54. The van der Waals surface area contributed by atoms with Crippen molar-refractivity contribution in [2.75, 3.05) is 7.11 Å². The molecule has 0 rings (SSSR count). The molecule has 0 fully saturated rings. The highest BCUT2D eigenvalue weighted by molar-refractivity contribution is 6.74. The van der Waals surface area contributed by atoms with Crippen LogP contribution in [0, 0.1) is 5.92 Å². The first kappa shape index (κ1) is 22.8. The molecule has 0 unspecified atom stereocenters. The lowest BCUT2D eigenvalue weighted by atomic mass is 9.98. The van der Waals surface area contributed by atoms with Crippen LogP contribution >= 0.6 is 0 Å². The fourth-order valence-corrected chi connectivity index (χ4v) is 3.25. The van der Waals surface area contributed by atoms with Crippen LogP contribution < -0.4 is 0 Å². The van der Waals surface area contributed by atoms with E-state index >= 15 is 0 Å². The molecule has 0 saturated carbocycles. The van der Waals surface area contributed by atoms with Gasteiger partial charge in [0.1, 0.15) is 0 Å². The molecule has 1 N–H and O–H groups in total. The Balaban J connectivity index is 5.12. The molecular formula is C19H34O4Si. The summed E-state index contributed by atoms with van der Waals surface area (Å²) in [7, 11) is -0.607. The summed E-state index contributed by atoms with van der Waals surface area (Å²) in [6.07, 6.45) is 8.14. The van der Waals surface area contributed by atoms with E-state index in [1.807, 2.05) is 12.2 Å². The van der Waals surface area contributed by atoms with Crippen LogP contribution in [0.2, 0.25) is 18.1 Å². The Morgan fingerprint density at radius 3 is 2.33 bits per heavy atom. The zero-order chi connectivity index (χ0) is 19.0. The van der Waals surface area contributed by atoms with Gasteiger partial charge in [-0.05, 0) is 24.1 Å². The molecule has 0 saturated heterocycles. The molecule has 0 aliphatic rings. The lowest BCUT2D eigenvalue weighted by molar-refractivity contribution is -0.134. The van der Waals surface area contributed by atoms with Gasteiger partial charge in [0.25, 0.3) is 0 Å². The summed E-state index contributed by atoms with van der Waals surface area (Å²) >= 11 is 0. The fraction of sp³-hybridized carbons (Fsp3) is 0.632. The number of carbonyl (C=O) groups excluding carboxylic acids is 1. The lowest BCUT2D eigenvalue weighted by Gasteiger charge is -2.41. The van der Waals surface area contributed by atoms with E-state index in [4.69, 9.17) is 4.43 Å². The van der Waals surface area contributed by atoms with Crippen molar-refractivity contribution >= 4 is 14.3 Å². The SMILES string of the molecule is C=C[C@@H](O)C[C@H](O[Si](C)(C)C(C)(C)C)[C@@H](C)/C=C/C=C\C(=O)OC. The highest BCUT2D eigenvalue weighted by Gasteiger charge is 2.40. The molecule has 0 aromatic heterocycles. The van der Waals surface area contributed by atoms with Gasteiger partial charge in [0.15, 0.2) is 8.32 Å². The predicted octanol–water partition coefficient (Wildman–Crippen LogP) is 4.24. The second kappa shape index (κ2) is 9.96. The monoisotopic (exact) mass is 354 g/mol. The van der Waals surface area contributed by atoms with Crippen molar-refractivity contribution in [3.63, 3.8) is 0 Å². The Morgan fingerprint density at radius 2 is 1.88 bits per heavy atom. The molecule has 0 heterocycles. The van der Waals surface area contributed by atoms with E-state index < -0.39 is 14.4 Å². The van der Waals surface area contributed by atoms with E-state index in [2.05, 4.69) is 52.1 Å². The standard InChI is InChI=1S/C19H34O4Si/c1-9-16(20)14-17(23-24(7,8)19(3,4)5)15(2)12-10-11-13-18(21)22-6/h9-13,15-17,20H,1,14H2,2-8H3/b12-10+,13-11-/t15-,16+,17-/m0/s1. The first-order valence-corrected chi connectivity index (χ1v) is 11.3. The molecule has 0 aliphatic heterocycles. The average molecular weight is 355 g/mol. The van der Waals surface area contributed by atoms with E-state index in [9.17, 15) is 9.90 Å². The molecule has 0 amide bonds. The quantitative estimate of drug-likeness (QED) is 0.221. The molecule has 0 radical (unpaired) electrons. The zero-order valence-corrected chi connectivity index (χ0v) is 17.2. The largest absolute Gasteiger partial charge is 0.466 e. The van der Waals surface area contributed by atoms with Gasteiger partial charge in [-0.1, -0.05) is 52.0 Å². The molecule has 0 aromatic rings. The number of allylic oxidation sites excluding steroid dienone is 2.